The van der Waals surface area contributed by atoms with Crippen molar-refractivity contribution in [3.63, 3.8) is 0 Å². The Hall–Kier alpha value is -2.45. The van der Waals surface area contributed by atoms with Gasteiger partial charge in [0.05, 0.1) is 6.20 Å². The summed E-state index contributed by atoms with van der Waals surface area (Å²) in [5.74, 6) is 0.811. The van der Waals surface area contributed by atoms with E-state index in [1.165, 1.54) is 39.0 Å². The molecule has 176 valence electrons. The van der Waals surface area contributed by atoms with Crippen molar-refractivity contribution in [3.8, 4) is 16.9 Å². The van der Waals surface area contributed by atoms with Crippen molar-refractivity contribution < 1.29 is 9.84 Å². The topological polar surface area (TPSA) is 67.9 Å². The van der Waals surface area contributed by atoms with Gasteiger partial charge >= 0.3 is 0 Å². The Morgan fingerprint density at radius 3 is 2.52 bits per heavy atom. The standard InChI is InChI=1S/C26H35N5O2/c1-29-12-14-31(15-13-29)21-8-10-30(11-9-21)18-22(32)19-33-26-7-6-23(20-16-27-28-17-20)24-4-2-3-5-25(24)26/h2-7,16-17,21-22,32H,8-15,18-19H2,1H3,(H,27,28). The minimum absolute atomic E-state index is 0.299. The molecule has 7 heteroatoms. The fraction of sp³-hybridized carbons (Fsp3) is 0.500. The predicted octanol–water partition coefficient (Wildman–Crippen LogP) is 2.68. The number of β-amino-alcohol motifs (C(OH)–C–C–N with tert-alkyl or cyclic N) is 1. The maximum absolute atomic E-state index is 10.7. The van der Waals surface area contributed by atoms with E-state index in [2.05, 4.69) is 50.1 Å². The van der Waals surface area contributed by atoms with Gasteiger partial charge in [-0.1, -0.05) is 24.3 Å². The van der Waals surface area contributed by atoms with Crippen molar-refractivity contribution in [1.29, 1.82) is 0 Å². The van der Waals surface area contributed by atoms with Gasteiger partial charge in [0, 0.05) is 55.9 Å². The van der Waals surface area contributed by atoms with Crippen LogP contribution in [0.1, 0.15) is 12.8 Å². The zero-order valence-corrected chi connectivity index (χ0v) is 19.5. The van der Waals surface area contributed by atoms with Crippen LogP contribution in [0.25, 0.3) is 21.9 Å². The number of nitrogens with one attached hydrogen (secondary N) is 1. The number of aromatic nitrogens is 2. The molecule has 0 amide bonds. The van der Waals surface area contributed by atoms with E-state index in [-0.39, 0.29) is 0 Å². The third kappa shape index (κ3) is 5.22. The lowest BCUT2D eigenvalue weighted by Gasteiger charge is -2.42. The number of hydrogen-bond donors (Lipinski definition) is 2. The second-order valence-electron chi connectivity index (χ2n) is 9.48. The summed E-state index contributed by atoms with van der Waals surface area (Å²) in [5.41, 5.74) is 2.17. The summed E-state index contributed by atoms with van der Waals surface area (Å²) in [6, 6.07) is 13.0. The van der Waals surface area contributed by atoms with Gasteiger partial charge in [0.1, 0.15) is 18.5 Å². The summed E-state index contributed by atoms with van der Waals surface area (Å²) in [6.45, 7) is 7.79. The van der Waals surface area contributed by atoms with Gasteiger partial charge in [-0.2, -0.15) is 5.10 Å². The Balaban J connectivity index is 1.14. The number of likely N-dealkylation sites (tertiary alicyclic amines) is 1. The largest absolute Gasteiger partial charge is 0.490 e. The monoisotopic (exact) mass is 449 g/mol. The first-order valence-corrected chi connectivity index (χ1v) is 12.1. The number of piperazine rings is 1. The van der Waals surface area contributed by atoms with Gasteiger partial charge in [-0.05, 0) is 56.1 Å². The Morgan fingerprint density at radius 1 is 1.03 bits per heavy atom. The number of aromatic amines is 1. The van der Waals surface area contributed by atoms with Crippen molar-refractivity contribution >= 4 is 10.8 Å². The van der Waals surface area contributed by atoms with E-state index in [0.29, 0.717) is 19.2 Å². The number of benzene rings is 2. The van der Waals surface area contributed by atoms with Gasteiger partial charge in [-0.25, -0.2) is 0 Å². The van der Waals surface area contributed by atoms with Crippen LogP contribution < -0.4 is 4.74 Å². The first kappa shape index (κ1) is 22.3. The number of rotatable bonds is 7. The van der Waals surface area contributed by atoms with Crippen LogP contribution in [0, 0.1) is 0 Å². The van der Waals surface area contributed by atoms with Crippen molar-refractivity contribution in [2.24, 2.45) is 0 Å². The zero-order chi connectivity index (χ0) is 22.6. The molecule has 7 nitrogen and oxygen atoms in total. The molecule has 2 aliphatic heterocycles. The lowest BCUT2D eigenvalue weighted by atomic mass is 10.00. The Labute approximate surface area is 195 Å². The zero-order valence-electron chi connectivity index (χ0n) is 19.5. The van der Waals surface area contributed by atoms with E-state index in [0.717, 1.165) is 40.7 Å². The normalized spacial score (nSPS) is 20.3. The average molecular weight is 450 g/mol. The molecule has 2 N–H and O–H groups in total. The number of piperidine rings is 1. The maximum atomic E-state index is 10.7. The molecule has 0 radical (unpaired) electrons. The maximum Gasteiger partial charge on any atom is 0.127 e. The SMILES string of the molecule is CN1CCN(C2CCN(CC(O)COc3ccc(-c4cn[nH]c4)c4ccccc34)CC2)CC1. The molecule has 3 heterocycles. The molecule has 0 spiro atoms. The number of nitrogens with zero attached hydrogens (tertiary/aromatic N) is 4. The highest BCUT2D eigenvalue weighted by Gasteiger charge is 2.27. The van der Waals surface area contributed by atoms with E-state index < -0.39 is 6.10 Å². The smallest absolute Gasteiger partial charge is 0.127 e. The third-order valence-corrected chi connectivity index (χ3v) is 7.20. The van der Waals surface area contributed by atoms with Gasteiger partial charge in [-0.15, -0.1) is 0 Å². The lowest BCUT2D eigenvalue weighted by Crippen LogP contribution is -2.53. The number of H-pyrrole nitrogens is 1. The van der Waals surface area contributed by atoms with Gasteiger partial charge in [0.15, 0.2) is 0 Å². The Kier molecular flexibility index (Phi) is 6.92. The lowest BCUT2D eigenvalue weighted by molar-refractivity contribution is 0.0341. The summed E-state index contributed by atoms with van der Waals surface area (Å²) >= 11 is 0. The highest BCUT2D eigenvalue weighted by Crippen LogP contribution is 2.34. The van der Waals surface area contributed by atoms with Crippen LogP contribution >= 0.6 is 0 Å². The molecule has 1 aromatic heterocycles. The van der Waals surface area contributed by atoms with Gasteiger partial charge in [-0.3, -0.25) is 10.00 Å². The van der Waals surface area contributed by atoms with Crippen molar-refractivity contribution in [3.05, 3.63) is 48.8 Å². The molecular formula is C26H35N5O2. The summed E-state index contributed by atoms with van der Waals surface area (Å²) in [4.78, 5) is 7.46. The van der Waals surface area contributed by atoms with E-state index >= 15 is 0 Å². The second kappa shape index (κ2) is 10.2. The molecule has 5 rings (SSSR count). The first-order valence-electron chi connectivity index (χ1n) is 12.1. The highest BCUT2D eigenvalue weighted by molar-refractivity contribution is 5.99. The summed E-state index contributed by atoms with van der Waals surface area (Å²) in [5, 5.41) is 19.8. The van der Waals surface area contributed by atoms with Crippen LogP contribution in [-0.4, -0.2) is 102 Å². The summed E-state index contributed by atoms with van der Waals surface area (Å²) in [7, 11) is 2.21. The van der Waals surface area contributed by atoms with Crippen molar-refractivity contribution in [2.45, 2.75) is 25.0 Å². The molecule has 2 aromatic carbocycles. The summed E-state index contributed by atoms with van der Waals surface area (Å²) < 4.78 is 6.11. The first-order chi connectivity index (χ1) is 16.2. The van der Waals surface area contributed by atoms with Gasteiger partial charge < -0.3 is 19.6 Å². The fourth-order valence-corrected chi connectivity index (χ4v) is 5.24. The number of aliphatic hydroxyl groups excluding tert-OH is 1. The minimum atomic E-state index is -0.502. The van der Waals surface area contributed by atoms with Gasteiger partial charge in [0.2, 0.25) is 0 Å². The number of fused-ring (bicyclic) bond motifs is 1. The molecule has 3 aromatic rings. The van der Waals surface area contributed by atoms with Crippen LogP contribution in [0.3, 0.4) is 0 Å². The van der Waals surface area contributed by atoms with Crippen molar-refractivity contribution in [1.82, 2.24) is 24.9 Å². The second-order valence-corrected chi connectivity index (χ2v) is 9.48. The molecule has 1 atom stereocenters. The number of likely N-dealkylation sites (N-methyl/N-ethyl adjacent to an activating group) is 1. The number of hydrogen-bond acceptors (Lipinski definition) is 6. The Bertz CT molecular complexity index is 1020. The van der Waals surface area contributed by atoms with Crippen LogP contribution in [0.4, 0.5) is 0 Å². The molecule has 1 unspecified atom stereocenters. The van der Waals surface area contributed by atoms with Crippen molar-refractivity contribution in [2.75, 3.05) is 59.5 Å². The van der Waals surface area contributed by atoms with E-state index in [1.54, 1.807) is 0 Å². The Morgan fingerprint density at radius 2 is 1.79 bits per heavy atom. The van der Waals surface area contributed by atoms with E-state index in [4.69, 9.17) is 4.74 Å². The van der Waals surface area contributed by atoms with E-state index in [1.807, 2.05) is 30.6 Å². The van der Waals surface area contributed by atoms with E-state index in [9.17, 15) is 5.11 Å². The molecule has 2 saturated heterocycles. The highest BCUT2D eigenvalue weighted by atomic mass is 16.5. The van der Waals surface area contributed by atoms with Crippen LogP contribution in [0.2, 0.25) is 0 Å². The van der Waals surface area contributed by atoms with Crippen LogP contribution in [0.5, 0.6) is 5.75 Å². The molecule has 0 bridgehead atoms. The minimum Gasteiger partial charge on any atom is -0.490 e. The molecular weight excluding hydrogens is 414 g/mol. The average Bonchev–Trinajstić information content (AvgIpc) is 3.38. The van der Waals surface area contributed by atoms with Crippen LogP contribution in [0.15, 0.2) is 48.8 Å². The molecule has 2 aliphatic rings. The summed E-state index contributed by atoms with van der Waals surface area (Å²) in [6.07, 6.45) is 5.62. The molecule has 33 heavy (non-hydrogen) atoms. The third-order valence-electron chi connectivity index (χ3n) is 7.20. The molecule has 0 saturated carbocycles. The van der Waals surface area contributed by atoms with Crippen LogP contribution in [-0.2, 0) is 0 Å². The fourth-order valence-electron chi connectivity index (χ4n) is 5.24. The number of aliphatic hydroxyl groups is 1. The molecule has 2 fully saturated rings. The van der Waals surface area contributed by atoms with Gasteiger partial charge in [0.25, 0.3) is 0 Å². The quantitative estimate of drug-likeness (QED) is 0.578. The molecule has 0 aliphatic carbocycles. The number of ether oxygens (including phenoxy) is 1. The predicted molar refractivity (Wildman–Crippen MR) is 132 cm³/mol.